The molecule has 8 heteroatoms. The molecule has 0 aliphatic rings. The van der Waals surface area contributed by atoms with E-state index in [1.807, 2.05) is 6.07 Å². The third kappa shape index (κ3) is 4.01. The summed E-state index contributed by atoms with van der Waals surface area (Å²) in [6.07, 6.45) is 1.64. The molecular formula is C13H17N3O3S2. The molecule has 0 radical (unpaired) electrons. The molecule has 0 aliphatic heterocycles. The maximum absolute atomic E-state index is 12.4. The van der Waals surface area contributed by atoms with E-state index in [0.29, 0.717) is 17.3 Å². The molecule has 21 heavy (non-hydrogen) atoms. The lowest BCUT2D eigenvalue weighted by Gasteiger charge is -2.12. The minimum Gasteiger partial charge on any atom is -0.495 e. The van der Waals surface area contributed by atoms with Gasteiger partial charge >= 0.3 is 0 Å². The van der Waals surface area contributed by atoms with Gasteiger partial charge in [0.2, 0.25) is 10.0 Å². The van der Waals surface area contributed by atoms with Gasteiger partial charge in [-0.1, -0.05) is 6.07 Å². The Labute approximate surface area is 128 Å². The number of methoxy groups -OCH3 is 1. The Morgan fingerprint density at radius 2 is 2.14 bits per heavy atom. The van der Waals surface area contributed by atoms with Gasteiger partial charge in [-0.05, 0) is 24.7 Å². The number of nitrogens with zero attached hydrogens (tertiary/aromatic N) is 1. The van der Waals surface area contributed by atoms with Crippen LogP contribution in [0.1, 0.15) is 10.6 Å². The second kappa shape index (κ2) is 6.99. The van der Waals surface area contributed by atoms with Crippen molar-refractivity contribution >= 4 is 21.4 Å². The van der Waals surface area contributed by atoms with Crippen LogP contribution in [0.5, 0.6) is 5.75 Å². The van der Waals surface area contributed by atoms with E-state index >= 15 is 0 Å². The van der Waals surface area contributed by atoms with Crippen LogP contribution in [0.15, 0.2) is 34.7 Å². The predicted octanol–water partition coefficient (Wildman–Crippen LogP) is 1.35. The van der Waals surface area contributed by atoms with Gasteiger partial charge in [-0.15, -0.1) is 11.3 Å². The lowest BCUT2D eigenvalue weighted by atomic mass is 10.2. The van der Waals surface area contributed by atoms with E-state index in [0.717, 1.165) is 5.56 Å². The van der Waals surface area contributed by atoms with Crippen molar-refractivity contribution in [1.29, 1.82) is 0 Å². The van der Waals surface area contributed by atoms with Crippen LogP contribution >= 0.6 is 11.3 Å². The molecule has 0 saturated heterocycles. The van der Waals surface area contributed by atoms with Gasteiger partial charge in [0.1, 0.15) is 15.7 Å². The molecule has 114 valence electrons. The van der Waals surface area contributed by atoms with Crippen LogP contribution in [0.4, 0.5) is 0 Å². The molecule has 0 atom stereocenters. The maximum Gasteiger partial charge on any atom is 0.244 e. The molecule has 6 nitrogen and oxygen atoms in total. The number of ether oxygens (including phenoxy) is 1. The molecule has 0 aliphatic carbocycles. The van der Waals surface area contributed by atoms with Crippen molar-refractivity contribution < 1.29 is 13.2 Å². The van der Waals surface area contributed by atoms with Crippen molar-refractivity contribution in [3.63, 3.8) is 0 Å². The Bertz CT molecular complexity index is 685. The summed E-state index contributed by atoms with van der Waals surface area (Å²) >= 11 is 1.40. The molecule has 0 bridgehead atoms. The summed E-state index contributed by atoms with van der Waals surface area (Å²) in [5.41, 5.74) is 0.868. The second-order valence-electron chi connectivity index (χ2n) is 4.27. The largest absolute Gasteiger partial charge is 0.495 e. The Hall–Kier alpha value is -1.48. The Morgan fingerprint density at radius 3 is 2.76 bits per heavy atom. The molecule has 1 heterocycles. The lowest BCUT2D eigenvalue weighted by Crippen LogP contribution is -2.24. The topological polar surface area (TPSA) is 80.3 Å². The molecular weight excluding hydrogens is 310 g/mol. The van der Waals surface area contributed by atoms with Gasteiger partial charge in [0.05, 0.1) is 13.7 Å². The van der Waals surface area contributed by atoms with Crippen LogP contribution in [0, 0.1) is 0 Å². The van der Waals surface area contributed by atoms with Gasteiger partial charge in [0, 0.05) is 18.1 Å². The van der Waals surface area contributed by atoms with Crippen LogP contribution in [0.3, 0.4) is 0 Å². The number of aromatic nitrogens is 1. The highest BCUT2D eigenvalue weighted by Crippen LogP contribution is 2.25. The minimum absolute atomic E-state index is 0.134. The van der Waals surface area contributed by atoms with Crippen LogP contribution in [0.25, 0.3) is 0 Å². The second-order valence-corrected chi connectivity index (χ2v) is 6.98. The number of nitrogens with one attached hydrogen (secondary N) is 2. The highest BCUT2D eigenvalue weighted by Gasteiger charge is 2.20. The van der Waals surface area contributed by atoms with Crippen molar-refractivity contribution in [1.82, 2.24) is 15.0 Å². The molecule has 2 N–H and O–H groups in total. The number of thiazole rings is 1. The summed E-state index contributed by atoms with van der Waals surface area (Å²) in [5.74, 6) is 0.321. The number of hydrogen-bond donors (Lipinski definition) is 2. The zero-order chi connectivity index (χ0) is 15.3. The van der Waals surface area contributed by atoms with E-state index in [-0.39, 0.29) is 11.4 Å². The number of sulfonamides is 1. The van der Waals surface area contributed by atoms with Crippen LogP contribution < -0.4 is 14.8 Å². The van der Waals surface area contributed by atoms with E-state index < -0.39 is 10.0 Å². The van der Waals surface area contributed by atoms with Crippen molar-refractivity contribution in [3.05, 3.63) is 40.3 Å². The van der Waals surface area contributed by atoms with Crippen molar-refractivity contribution in [2.75, 3.05) is 14.2 Å². The Kier molecular flexibility index (Phi) is 5.29. The van der Waals surface area contributed by atoms with Gasteiger partial charge in [-0.2, -0.15) is 0 Å². The fraction of sp³-hybridized carbons (Fsp3) is 0.308. The summed E-state index contributed by atoms with van der Waals surface area (Å²) in [4.78, 5) is 4.19. The third-order valence-corrected chi connectivity index (χ3v) is 5.00. The number of rotatable bonds is 7. The van der Waals surface area contributed by atoms with E-state index in [1.54, 1.807) is 30.8 Å². The number of hydrogen-bond acceptors (Lipinski definition) is 6. The van der Waals surface area contributed by atoms with Gasteiger partial charge in [0.15, 0.2) is 0 Å². The molecule has 0 unspecified atom stereocenters. The molecule has 0 saturated carbocycles. The fourth-order valence-corrected chi connectivity index (χ4v) is 3.67. The van der Waals surface area contributed by atoms with Crippen LogP contribution in [0.2, 0.25) is 0 Å². The Morgan fingerprint density at radius 1 is 1.33 bits per heavy atom. The van der Waals surface area contributed by atoms with E-state index in [2.05, 4.69) is 15.0 Å². The SMILES string of the molecule is CNCc1ccc(OC)c(S(=O)(=O)NCc2nccs2)c1. The van der Waals surface area contributed by atoms with Crippen molar-refractivity contribution in [3.8, 4) is 5.75 Å². The highest BCUT2D eigenvalue weighted by atomic mass is 32.2. The summed E-state index contributed by atoms with van der Waals surface area (Å²) < 4.78 is 32.5. The number of benzene rings is 1. The summed E-state index contributed by atoms with van der Waals surface area (Å²) in [6.45, 7) is 0.748. The molecule has 2 aromatic rings. The standard InChI is InChI=1S/C13H17N3O3S2/c1-14-8-10-3-4-11(19-2)12(7-10)21(17,18)16-9-13-15-5-6-20-13/h3-7,14,16H,8-9H2,1-2H3. The quantitative estimate of drug-likeness (QED) is 0.802. The first-order valence-corrected chi connectivity index (χ1v) is 8.62. The first kappa shape index (κ1) is 15.9. The van der Waals surface area contributed by atoms with Crippen LogP contribution in [-0.4, -0.2) is 27.6 Å². The van der Waals surface area contributed by atoms with Crippen LogP contribution in [-0.2, 0) is 23.1 Å². The highest BCUT2D eigenvalue weighted by molar-refractivity contribution is 7.89. The van der Waals surface area contributed by atoms with E-state index in [1.165, 1.54) is 18.4 Å². The summed E-state index contributed by atoms with van der Waals surface area (Å²) in [6, 6.07) is 5.10. The van der Waals surface area contributed by atoms with Gasteiger partial charge in [0.25, 0.3) is 0 Å². The van der Waals surface area contributed by atoms with Crippen molar-refractivity contribution in [2.45, 2.75) is 18.0 Å². The molecule has 0 fully saturated rings. The summed E-state index contributed by atoms with van der Waals surface area (Å²) in [5, 5.41) is 5.51. The van der Waals surface area contributed by atoms with Gasteiger partial charge in [-0.25, -0.2) is 18.1 Å². The molecule has 1 aromatic carbocycles. The zero-order valence-electron chi connectivity index (χ0n) is 11.8. The van der Waals surface area contributed by atoms with E-state index in [9.17, 15) is 8.42 Å². The smallest absolute Gasteiger partial charge is 0.244 e. The maximum atomic E-state index is 12.4. The molecule has 2 rings (SSSR count). The zero-order valence-corrected chi connectivity index (χ0v) is 13.4. The lowest BCUT2D eigenvalue weighted by molar-refractivity contribution is 0.402. The first-order valence-electron chi connectivity index (χ1n) is 6.26. The average molecular weight is 327 g/mol. The predicted molar refractivity (Wildman–Crippen MR) is 81.9 cm³/mol. The van der Waals surface area contributed by atoms with Gasteiger partial charge in [-0.3, -0.25) is 0 Å². The average Bonchev–Trinajstić information content (AvgIpc) is 2.99. The monoisotopic (exact) mass is 327 g/mol. The normalized spacial score (nSPS) is 11.5. The molecule has 1 aromatic heterocycles. The first-order chi connectivity index (χ1) is 10.1. The van der Waals surface area contributed by atoms with Crippen molar-refractivity contribution in [2.24, 2.45) is 0 Å². The van der Waals surface area contributed by atoms with Gasteiger partial charge < -0.3 is 10.1 Å². The Balaban J connectivity index is 2.26. The minimum atomic E-state index is -3.66. The molecule has 0 amide bonds. The summed E-state index contributed by atoms with van der Waals surface area (Å²) in [7, 11) is -0.400. The molecule has 0 spiro atoms. The van der Waals surface area contributed by atoms with E-state index in [4.69, 9.17) is 4.74 Å². The third-order valence-electron chi connectivity index (χ3n) is 2.80. The fourth-order valence-electron chi connectivity index (χ4n) is 1.82.